The predicted octanol–water partition coefficient (Wildman–Crippen LogP) is 1.41. The van der Waals surface area contributed by atoms with Crippen molar-refractivity contribution < 1.29 is 0 Å². The van der Waals surface area contributed by atoms with Crippen LogP contribution in [0.4, 0.5) is 0 Å². The minimum atomic E-state index is -0.403. The van der Waals surface area contributed by atoms with E-state index in [4.69, 9.17) is 0 Å². The van der Waals surface area contributed by atoms with Crippen LogP contribution in [0.5, 0.6) is 0 Å². The first-order valence-corrected chi connectivity index (χ1v) is 6.87. The van der Waals surface area contributed by atoms with Crippen molar-refractivity contribution in [1.29, 1.82) is 0 Å². The summed E-state index contributed by atoms with van der Waals surface area (Å²) in [6.45, 7) is 2.07. The van der Waals surface area contributed by atoms with Gasteiger partial charge in [-0.1, -0.05) is 12.1 Å². The smallest absolute Gasteiger partial charge is 0.317 e. The first-order chi connectivity index (χ1) is 9.74. The van der Waals surface area contributed by atoms with Gasteiger partial charge in [0.25, 0.3) is 5.56 Å². The summed E-state index contributed by atoms with van der Waals surface area (Å²) in [5.41, 5.74) is 1.27. The van der Waals surface area contributed by atoms with Crippen molar-refractivity contribution in [2.75, 3.05) is 13.1 Å². The lowest BCUT2D eigenvalue weighted by Gasteiger charge is -2.23. The van der Waals surface area contributed by atoms with Gasteiger partial charge in [0, 0.05) is 12.3 Å². The number of H-pyrrole nitrogens is 1. The second kappa shape index (κ2) is 6.74. The molecule has 0 radical (unpaired) electrons. The van der Waals surface area contributed by atoms with Gasteiger partial charge in [0.1, 0.15) is 0 Å². The van der Waals surface area contributed by atoms with Crippen LogP contribution in [0.15, 0.2) is 46.1 Å². The normalized spacial score (nSPS) is 15.4. The zero-order valence-electron chi connectivity index (χ0n) is 11.5. The Labute approximate surface area is 128 Å². The number of hydrogen-bond acceptors (Lipinski definition) is 3. The van der Waals surface area contributed by atoms with E-state index in [1.165, 1.54) is 22.4 Å². The number of aromatic amines is 1. The maximum Gasteiger partial charge on any atom is 0.332 e. The van der Waals surface area contributed by atoms with Gasteiger partial charge in [-0.05, 0) is 49.5 Å². The van der Waals surface area contributed by atoms with Crippen molar-refractivity contribution in [3.8, 4) is 5.69 Å². The van der Waals surface area contributed by atoms with Crippen molar-refractivity contribution >= 4 is 12.4 Å². The molecule has 2 aromatic rings. The van der Waals surface area contributed by atoms with E-state index in [0.29, 0.717) is 5.92 Å². The molecule has 1 fully saturated rings. The molecule has 5 nitrogen and oxygen atoms in total. The van der Waals surface area contributed by atoms with E-state index in [1.807, 2.05) is 18.2 Å². The average Bonchev–Trinajstić information content (AvgIpc) is 2.48. The molecule has 21 heavy (non-hydrogen) atoms. The van der Waals surface area contributed by atoms with Crippen LogP contribution in [0, 0.1) is 0 Å². The molecular formula is C15H18ClN3O2. The molecule has 1 aromatic heterocycles. The van der Waals surface area contributed by atoms with Crippen LogP contribution < -0.4 is 16.6 Å². The Morgan fingerprint density at radius 3 is 2.57 bits per heavy atom. The number of hydrogen-bond donors (Lipinski definition) is 2. The van der Waals surface area contributed by atoms with Crippen molar-refractivity contribution in [2.24, 2.45) is 0 Å². The second-order valence-corrected chi connectivity index (χ2v) is 5.10. The molecule has 0 unspecified atom stereocenters. The van der Waals surface area contributed by atoms with Gasteiger partial charge in [0.2, 0.25) is 0 Å². The molecule has 0 aliphatic carbocycles. The van der Waals surface area contributed by atoms with E-state index in [1.54, 1.807) is 0 Å². The topological polar surface area (TPSA) is 66.9 Å². The van der Waals surface area contributed by atoms with E-state index >= 15 is 0 Å². The third kappa shape index (κ3) is 3.43. The highest BCUT2D eigenvalue weighted by molar-refractivity contribution is 5.85. The minimum Gasteiger partial charge on any atom is -0.317 e. The van der Waals surface area contributed by atoms with Crippen molar-refractivity contribution in [3.05, 3.63) is 62.9 Å². The molecule has 1 aliphatic rings. The number of aromatic nitrogens is 2. The summed E-state index contributed by atoms with van der Waals surface area (Å²) in [7, 11) is 0. The molecule has 3 rings (SSSR count). The fourth-order valence-electron chi connectivity index (χ4n) is 2.70. The Morgan fingerprint density at radius 1 is 1.10 bits per heavy atom. The van der Waals surface area contributed by atoms with Crippen LogP contribution in [-0.4, -0.2) is 22.6 Å². The fourth-order valence-corrected chi connectivity index (χ4v) is 2.70. The van der Waals surface area contributed by atoms with Crippen molar-refractivity contribution in [2.45, 2.75) is 18.8 Å². The van der Waals surface area contributed by atoms with Crippen molar-refractivity contribution in [1.82, 2.24) is 14.9 Å². The third-order valence-corrected chi connectivity index (χ3v) is 3.78. The highest BCUT2D eigenvalue weighted by Crippen LogP contribution is 2.26. The summed E-state index contributed by atoms with van der Waals surface area (Å²) in [5.74, 6) is 0.537. The SMILES string of the molecule is Cl.O=c1ccn(-c2cccc(C3CCNCC3)c2)c(=O)[nH]1. The Hall–Kier alpha value is -1.85. The Kier molecular flexibility index (Phi) is 4.98. The van der Waals surface area contributed by atoms with Gasteiger partial charge in [0.15, 0.2) is 0 Å². The standard InChI is InChI=1S/C15H17N3O2.ClH/c19-14-6-9-18(15(20)17-14)13-3-1-2-12(10-13)11-4-7-16-8-5-11;/h1-3,6,9-11,16H,4-5,7-8H2,(H,17,19,20);1H. The quantitative estimate of drug-likeness (QED) is 0.881. The lowest BCUT2D eigenvalue weighted by Crippen LogP contribution is -2.28. The van der Waals surface area contributed by atoms with Gasteiger partial charge in [-0.25, -0.2) is 4.79 Å². The van der Waals surface area contributed by atoms with Crippen LogP contribution in [0.25, 0.3) is 5.69 Å². The van der Waals surface area contributed by atoms with Gasteiger partial charge in [-0.3, -0.25) is 14.3 Å². The molecular weight excluding hydrogens is 290 g/mol. The summed E-state index contributed by atoms with van der Waals surface area (Å²) < 4.78 is 1.46. The Bertz CT molecular complexity index is 717. The van der Waals surface area contributed by atoms with E-state index in [-0.39, 0.29) is 18.0 Å². The predicted molar refractivity (Wildman–Crippen MR) is 84.8 cm³/mol. The molecule has 0 bridgehead atoms. The number of nitrogens with zero attached hydrogens (tertiary/aromatic N) is 1. The first kappa shape index (κ1) is 15.5. The van der Waals surface area contributed by atoms with E-state index in [2.05, 4.69) is 16.4 Å². The molecule has 2 N–H and O–H groups in total. The third-order valence-electron chi connectivity index (χ3n) is 3.78. The van der Waals surface area contributed by atoms with Crippen LogP contribution in [-0.2, 0) is 0 Å². The van der Waals surface area contributed by atoms with Crippen LogP contribution >= 0.6 is 12.4 Å². The molecule has 0 atom stereocenters. The molecule has 0 amide bonds. The number of benzene rings is 1. The molecule has 6 heteroatoms. The molecule has 2 heterocycles. The van der Waals surface area contributed by atoms with Gasteiger partial charge in [-0.15, -0.1) is 12.4 Å². The first-order valence-electron chi connectivity index (χ1n) is 6.87. The van der Waals surface area contributed by atoms with Crippen LogP contribution in [0.1, 0.15) is 24.3 Å². The summed E-state index contributed by atoms with van der Waals surface area (Å²) in [4.78, 5) is 25.2. The number of nitrogens with one attached hydrogen (secondary N) is 2. The maximum atomic E-state index is 11.8. The zero-order valence-corrected chi connectivity index (χ0v) is 12.4. The molecule has 1 aromatic carbocycles. The van der Waals surface area contributed by atoms with Gasteiger partial charge >= 0.3 is 5.69 Å². The van der Waals surface area contributed by atoms with E-state index in [9.17, 15) is 9.59 Å². The molecule has 1 saturated heterocycles. The van der Waals surface area contributed by atoms with E-state index < -0.39 is 5.69 Å². The van der Waals surface area contributed by atoms with Crippen LogP contribution in [0.2, 0.25) is 0 Å². The molecule has 0 spiro atoms. The summed E-state index contributed by atoms with van der Waals surface area (Å²) in [6.07, 6.45) is 3.75. The Morgan fingerprint density at radius 2 is 1.86 bits per heavy atom. The van der Waals surface area contributed by atoms with Crippen LogP contribution in [0.3, 0.4) is 0 Å². The number of piperidine rings is 1. The van der Waals surface area contributed by atoms with Gasteiger partial charge in [0.05, 0.1) is 5.69 Å². The molecule has 0 saturated carbocycles. The highest BCUT2D eigenvalue weighted by Gasteiger charge is 2.15. The zero-order chi connectivity index (χ0) is 13.9. The lowest BCUT2D eigenvalue weighted by molar-refractivity contribution is 0.460. The van der Waals surface area contributed by atoms with Gasteiger partial charge in [-0.2, -0.15) is 0 Å². The fraction of sp³-hybridized carbons (Fsp3) is 0.333. The van der Waals surface area contributed by atoms with E-state index in [0.717, 1.165) is 31.6 Å². The minimum absolute atomic E-state index is 0. The summed E-state index contributed by atoms with van der Waals surface area (Å²) >= 11 is 0. The lowest BCUT2D eigenvalue weighted by atomic mass is 9.90. The maximum absolute atomic E-state index is 11.8. The molecule has 1 aliphatic heterocycles. The van der Waals surface area contributed by atoms with Crippen molar-refractivity contribution in [3.63, 3.8) is 0 Å². The average molecular weight is 308 g/mol. The van der Waals surface area contributed by atoms with Gasteiger partial charge < -0.3 is 5.32 Å². The Balaban J connectivity index is 0.00000161. The summed E-state index contributed by atoms with van der Waals surface area (Å²) in [6, 6.07) is 9.35. The largest absolute Gasteiger partial charge is 0.332 e. The molecule has 112 valence electrons. The second-order valence-electron chi connectivity index (χ2n) is 5.10. The summed E-state index contributed by atoms with van der Waals surface area (Å²) in [5, 5.41) is 3.35. The highest BCUT2D eigenvalue weighted by atomic mass is 35.5. The number of rotatable bonds is 2. The number of halogens is 1. The monoisotopic (exact) mass is 307 g/mol.